The highest BCUT2D eigenvalue weighted by Crippen LogP contribution is 2.44. The van der Waals surface area contributed by atoms with Crippen LogP contribution in [0.15, 0.2) is 96.2 Å². The van der Waals surface area contributed by atoms with Gasteiger partial charge in [-0.05, 0) is 135 Å². The molecule has 59 heavy (non-hydrogen) atoms. The number of likely N-dealkylation sites (tertiary alicyclic amines) is 1. The number of allylic oxidation sites excluding steroid dienone is 1. The lowest BCUT2D eigenvalue weighted by molar-refractivity contribution is -0.384. The third-order valence-electron chi connectivity index (χ3n) is 12.3. The van der Waals surface area contributed by atoms with Crippen LogP contribution in [0, 0.1) is 16.0 Å². The highest BCUT2D eigenvalue weighted by molar-refractivity contribution is 7.90. The summed E-state index contributed by atoms with van der Waals surface area (Å²) in [4.78, 5) is 35.1. The highest BCUT2D eigenvalue weighted by Gasteiger charge is 2.34. The van der Waals surface area contributed by atoms with Gasteiger partial charge in [0.05, 0.1) is 21.6 Å². The first kappa shape index (κ1) is 38.9. The van der Waals surface area contributed by atoms with Gasteiger partial charge in [0.2, 0.25) is 0 Å². The van der Waals surface area contributed by atoms with Crippen LogP contribution >= 0.6 is 0 Å². The van der Waals surface area contributed by atoms with Crippen LogP contribution in [-0.2, 0) is 14.8 Å². The SMILES string of the molecule is O=C(NS(=O)(=O)c1ccc(NCC2CCOCC2)c([N+](=O)[O-])c1)c1ccc(C2=CCC(N3CCCC3c3cccc(C4CC4)c3)CC2)cc1Oc1cnc2[nH]ccc2c1. The molecule has 0 radical (unpaired) electrons. The topological polar surface area (TPSA) is 169 Å². The predicted octanol–water partition coefficient (Wildman–Crippen LogP) is 8.87. The van der Waals surface area contributed by atoms with E-state index in [2.05, 4.69) is 55.2 Å². The highest BCUT2D eigenvalue weighted by atomic mass is 32.2. The summed E-state index contributed by atoms with van der Waals surface area (Å²) in [5.41, 5.74) is 5.37. The molecule has 4 heterocycles. The molecule has 0 spiro atoms. The van der Waals surface area contributed by atoms with Gasteiger partial charge >= 0.3 is 0 Å². The van der Waals surface area contributed by atoms with E-state index >= 15 is 0 Å². The maximum atomic E-state index is 13.9. The van der Waals surface area contributed by atoms with Crippen LogP contribution in [0.1, 0.15) is 96.8 Å². The van der Waals surface area contributed by atoms with Crippen molar-refractivity contribution in [3.8, 4) is 11.5 Å². The molecule has 14 heteroatoms. The number of amides is 1. The molecule has 5 aromatic rings. The standard InChI is InChI=1S/C45H48N6O7S/c52-45(49-59(55,56)38-13-15-40(42(26-38)51(53)54)47-27-29-17-21-57-22-18-29)39-14-10-33(25-43(39)58-37-24-35-16-19-46-44(35)48-28-37)31-8-11-36(12-9-31)50-20-2-5-41(50)34-4-1-3-32(23-34)30-6-7-30/h1,3-4,8,10,13-16,19,23-26,28-30,36,41,47H,2,5-7,9,11-12,17-18,20-22,27H2,(H,46,48)(H,49,52). The summed E-state index contributed by atoms with van der Waals surface area (Å²) in [5, 5.41) is 16.0. The van der Waals surface area contributed by atoms with Crippen molar-refractivity contribution in [3.63, 3.8) is 0 Å². The molecule has 306 valence electrons. The fraction of sp³-hybridized carbons (Fsp3) is 0.378. The van der Waals surface area contributed by atoms with Crippen molar-refractivity contribution in [2.45, 2.75) is 80.7 Å². The fourth-order valence-corrected chi connectivity index (χ4v) is 9.91. The van der Waals surface area contributed by atoms with E-state index in [1.807, 2.05) is 12.1 Å². The van der Waals surface area contributed by atoms with E-state index in [-0.39, 0.29) is 22.9 Å². The fourth-order valence-electron chi connectivity index (χ4n) is 8.92. The summed E-state index contributed by atoms with van der Waals surface area (Å²) < 4.78 is 41.2. The van der Waals surface area contributed by atoms with E-state index in [1.165, 1.54) is 55.1 Å². The van der Waals surface area contributed by atoms with Gasteiger partial charge in [0.25, 0.3) is 21.6 Å². The van der Waals surface area contributed by atoms with Gasteiger partial charge in [-0.15, -0.1) is 0 Å². The van der Waals surface area contributed by atoms with Crippen LogP contribution in [0.5, 0.6) is 11.5 Å². The quantitative estimate of drug-likeness (QED) is 0.0771. The lowest BCUT2D eigenvalue weighted by atomic mass is 9.88. The van der Waals surface area contributed by atoms with E-state index in [9.17, 15) is 23.3 Å². The van der Waals surface area contributed by atoms with E-state index in [0.29, 0.717) is 43.2 Å². The molecular weight excluding hydrogens is 769 g/mol. The average Bonchev–Trinajstić information content (AvgIpc) is 3.80. The minimum Gasteiger partial charge on any atom is -0.455 e. The monoisotopic (exact) mass is 816 g/mol. The number of nitrogens with zero attached hydrogens (tertiary/aromatic N) is 3. The van der Waals surface area contributed by atoms with Crippen LogP contribution < -0.4 is 14.8 Å². The van der Waals surface area contributed by atoms with Crippen molar-refractivity contribution in [2.24, 2.45) is 5.92 Å². The van der Waals surface area contributed by atoms with Gasteiger partial charge < -0.3 is 19.8 Å². The van der Waals surface area contributed by atoms with E-state index in [0.717, 1.165) is 67.2 Å². The van der Waals surface area contributed by atoms with Crippen molar-refractivity contribution in [2.75, 3.05) is 31.6 Å². The molecule has 3 fully saturated rings. The van der Waals surface area contributed by atoms with Crippen LogP contribution in [0.3, 0.4) is 0 Å². The number of sulfonamides is 1. The van der Waals surface area contributed by atoms with Gasteiger partial charge in [0.1, 0.15) is 22.8 Å². The van der Waals surface area contributed by atoms with E-state index in [4.69, 9.17) is 9.47 Å². The van der Waals surface area contributed by atoms with Crippen molar-refractivity contribution >= 4 is 43.9 Å². The molecule has 1 amide bonds. The Labute approximate surface area is 343 Å². The molecule has 4 aliphatic rings. The van der Waals surface area contributed by atoms with Gasteiger partial charge in [-0.25, -0.2) is 18.1 Å². The summed E-state index contributed by atoms with van der Waals surface area (Å²) in [5.74, 6) is 0.599. The number of carbonyl (C=O) groups excluding carboxylic acids is 1. The molecule has 13 nitrogen and oxygen atoms in total. The molecule has 2 aromatic heterocycles. The molecule has 3 aromatic carbocycles. The summed E-state index contributed by atoms with van der Waals surface area (Å²) >= 11 is 0. The number of hydrogen-bond donors (Lipinski definition) is 3. The maximum Gasteiger partial charge on any atom is 0.293 e. The number of aromatic amines is 1. The second kappa shape index (κ2) is 16.6. The number of pyridine rings is 1. The van der Waals surface area contributed by atoms with Crippen molar-refractivity contribution in [1.29, 1.82) is 0 Å². The number of carbonyl (C=O) groups is 1. The Morgan fingerprint density at radius 2 is 1.83 bits per heavy atom. The Morgan fingerprint density at radius 1 is 0.983 bits per heavy atom. The third kappa shape index (κ3) is 8.61. The third-order valence-corrected chi connectivity index (χ3v) is 13.6. The Balaban J connectivity index is 0.949. The zero-order valence-electron chi connectivity index (χ0n) is 32.8. The molecule has 2 aliphatic carbocycles. The van der Waals surface area contributed by atoms with E-state index in [1.54, 1.807) is 24.4 Å². The molecule has 2 aliphatic heterocycles. The molecule has 2 saturated heterocycles. The number of nitro benzene ring substituents is 1. The summed E-state index contributed by atoms with van der Waals surface area (Å²) in [7, 11) is -4.54. The molecule has 1 saturated carbocycles. The van der Waals surface area contributed by atoms with Gasteiger partial charge in [0, 0.05) is 49.5 Å². The zero-order chi connectivity index (χ0) is 40.5. The minimum absolute atomic E-state index is 0.0154. The Morgan fingerprint density at radius 3 is 2.63 bits per heavy atom. The lowest BCUT2D eigenvalue weighted by Gasteiger charge is -2.35. The Kier molecular flexibility index (Phi) is 10.9. The maximum absolute atomic E-state index is 13.9. The molecule has 2 atom stereocenters. The average molecular weight is 817 g/mol. The number of H-pyrrole nitrogens is 1. The summed E-state index contributed by atoms with van der Waals surface area (Å²) in [6, 6.07) is 22.5. The minimum atomic E-state index is -4.54. The Hall–Kier alpha value is -5.57. The van der Waals surface area contributed by atoms with Crippen LogP contribution in [0.2, 0.25) is 0 Å². The predicted molar refractivity (Wildman–Crippen MR) is 225 cm³/mol. The van der Waals surface area contributed by atoms with Gasteiger partial charge in [-0.1, -0.05) is 36.4 Å². The number of hydrogen-bond acceptors (Lipinski definition) is 10. The molecule has 9 rings (SSSR count). The van der Waals surface area contributed by atoms with Gasteiger partial charge in [-0.3, -0.25) is 19.8 Å². The first-order valence-corrected chi connectivity index (χ1v) is 22.1. The number of nitro groups is 1. The lowest BCUT2D eigenvalue weighted by Crippen LogP contribution is -2.35. The molecule has 0 bridgehead atoms. The van der Waals surface area contributed by atoms with Crippen molar-refractivity contribution in [1.82, 2.24) is 19.6 Å². The number of ether oxygens (including phenoxy) is 2. The van der Waals surface area contributed by atoms with Gasteiger partial charge in [0.15, 0.2) is 0 Å². The number of benzene rings is 3. The number of nitrogens with one attached hydrogen (secondary N) is 3. The van der Waals surface area contributed by atoms with E-state index < -0.39 is 31.4 Å². The van der Waals surface area contributed by atoms with Crippen molar-refractivity contribution < 1.29 is 27.6 Å². The second-order valence-corrected chi connectivity index (χ2v) is 17.9. The first-order valence-electron chi connectivity index (χ1n) is 20.7. The van der Waals surface area contributed by atoms with Crippen molar-refractivity contribution in [3.05, 3.63) is 124 Å². The number of rotatable bonds is 13. The number of fused-ring (bicyclic) bond motifs is 1. The first-order chi connectivity index (χ1) is 28.7. The van der Waals surface area contributed by atoms with Crippen LogP contribution in [-0.4, -0.2) is 66.5 Å². The molecule has 2 unspecified atom stereocenters. The normalized spacial score (nSPS) is 20.3. The van der Waals surface area contributed by atoms with Crippen LogP contribution in [0.4, 0.5) is 11.4 Å². The Bertz CT molecular complexity index is 2530. The van der Waals surface area contributed by atoms with Crippen LogP contribution in [0.25, 0.3) is 16.6 Å². The molecular formula is C45H48N6O7S. The van der Waals surface area contributed by atoms with Gasteiger partial charge in [-0.2, -0.15) is 0 Å². The smallest absolute Gasteiger partial charge is 0.293 e. The summed E-state index contributed by atoms with van der Waals surface area (Å²) in [6.07, 6.45) is 14.9. The summed E-state index contributed by atoms with van der Waals surface area (Å²) in [6.45, 7) is 2.84. The number of aromatic nitrogens is 2. The molecule has 3 N–H and O–H groups in total. The number of anilines is 1. The second-order valence-electron chi connectivity index (χ2n) is 16.2. The largest absolute Gasteiger partial charge is 0.455 e. The zero-order valence-corrected chi connectivity index (χ0v) is 33.6.